The highest BCUT2D eigenvalue weighted by Crippen LogP contribution is 2.12. The maximum Gasteiger partial charge on any atom is 0.402 e. The molecule has 0 aliphatic heterocycles. The van der Waals surface area contributed by atoms with Crippen LogP contribution in [0.5, 0.6) is 0 Å². The van der Waals surface area contributed by atoms with Crippen LogP contribution in [0.4, 0.5) is 13.2 Å². The average Bonchev–Trinajstić information content (AvgIpc) is 2.09. The van der Waals surface area contributed by atoms with Crippen molar-refractivity contribution in [3.05, 3.63) is 0 Å². The lowest BCUT2D eigenvalue weighted by Crippen LogP contribution is -2.50. The van der Waals surface area contributed by atoms with Gasteiger partial charge in [-0.1, -0.05) is 0 Å². The molecule has 0 aromatic carbocycles. The minimum atomic E-state index is -4.62. The van der Waals surface area contributed by atoms with Gasteiger partial charge in [-0.25, -0.2) is 0 Å². The maximum atomic E-state index is 11.8. The fourth-order valence-corrected chi connectivity index (χ4v) is 2.17. The van der Waals surface area contributed by atoms with Gasteiger partial charge >= 0.3 is 6.18 Å². The van der Waals surface area contributed by atoms with Crippen LogP contribution in [0.25, 0.3) is 0 Å². The first kappa shape index (κ1) is 17.6. The Morgan fingerprint density at radius 3 is 2.00 bits per heavy atom. The van der Waals surface area contributed by atoms with Crippen LogP contribution < -0.4 is 9.44 Å². The molecule has 1 unspecified atom stereocenters. The van der Waals surface area contributed by atoms with Crippen LogP contribution in [0.1, 0.15) is 6.92 Å². The largest absolute Gasteiger partial charge is 0.402 e. The number of hydrogen-bond acceptors (Lipinski definition) is 4. The first-order valence-corrected chi connectivity index (χ1v) is 6.49. The van der Waals surface area contributed by atoms with Gasteiger partial charge in [-0.15, -0.1) is 0 Å². The molecule has 0 saturated heterocycles. The molecule has 0 radical (unpaired) electrons. The number of alkyl halides is 3. The van der Waals surface area contributed by atoms with Crippen molar-refractivity contribution in [2.24, 2.45) is 0 Å². The highest BCUT2D eigenvalue weighted by Gasteiger charge is 2.30. The summed E-state index contributed by atoms with van der Waals surface area (Å²) < 4.78 is 61.0. The smallest absolute Gasteiger partial charge is 0.387 e. The molecule has 3 N–H and O–H groups in total. The summed E-state index contributed by atoms with van der Waals surface area (Å²) in [5.41, 5.74) is -1.38. The number of nitrogens with one attached hydrogen (secondary N) is 2. The second-order valence-corrected chi connectivity index (χ2v) is 6.08. The molecule has 10 heteroatoms. The van der Waals surface area contributed by atoms with Gasteiger partial charge in [0.1, 0.15) is 6.54 Å². The van der Waals surface area contributed by atoms with Gasteiger partial charge in [-0.2, -0.15) is 31.0 Å². The summed E-state index contributed by atoms with van der Waals surface area (Å²) in [4.78, 5) is 1.62. The highest BCUT2D eigenvalue weighted by atomic mass is 32.2. The fraction of sp³-hybridized carbons (Fsp3) is 1.00. The second-order valence-electron chi connectivity index (χ2n) is 4.50. The zero-order chi connectivity index (χ0) is 14.6. The first-order chi connectivity index (χ1) is 7.83. The minimum Gasteiger partial charge on any atom is -0.387 e. The van der Waals surface area contributed by atoms with Gasteiger partial charge in [0.15, 0.2) is 0 Å². The topological polar surface area (TPSA) is 81.7 Å². The molecule has 0 bridgehead atoms. The number of hydrogen-bond donors (Lipinski definition) is 3. The van der Waals surface area contributed by atoms with E-state index in [9.17, 15) is 26.7 Å². The molecule has 1 atom stereocenters. The van der Waals surface area contributed by atoms with Gasteiger partial charge in [-0.05, 0) is 21.0 Å². The number of halogens is 3. The number of nitrogens with zero attached hydrogens (tertiary/aromatic N) is 1. The molecule has 0 aromatic heterocycles. The van der Waals surface area contributed by atoms with E-state index in [4.69, 9.17) is 0 Å². The number of likely N-dealkylation sites (N-methyl/N-ethyl adjacent to an activating group) is 1. The molecule has 6 nitrogen and oxygen atoms in total. The predicted molar refractivity (Wildman–Crippen MR) is 60.2 cm³/mol. The van der Waals surface area contributed by atoms with Gasteiger partial charge in [-0.3, -0.25) is 0 Å². The molecule has 0 aliphatic carbocycles. The van der Waals surface area contributed by atoms with Crippen molar-refractivity contribution in [3.8, 4) is 0 Å². The summed E-state index contributed by atoms with van der Waals surface area (Å²) in [5.74, 6) is 0. The molecule has 110 valence electrons. The van der Waals surface area contributed by atoms with E-state index < -0.39 is 35.1 Å². The van der Waals surface area contributed by atoms with Gasteiger partial charge in [0.25, 0.3) is 10.2 Å². The number of rotatable bonds is 7. The van der Waals surface area contributed by atoms with E-state index in [0.29, 0.717) is 0 Å². The summed E-state index contributed by atoms with van der Waals surface area (Å²) in [6, 6.07) is 0. The predicted octanol–water partition coefficient (Wildman–Crippen LogP) is -0.715. The molecular formula is C8H18F3N3O3S. The van der Waals surface area contributed by atoms with Gasteiger partial charge in [0, 0.05) is 13.1 Å². The molecule has 0 rings (SSSR count). The third-order valence-electron chi connectivity index (χ3n) is 1.76. The maximum absolute atomic E-state index is 11.8. The first-order valence-electron chi connectivity index (χ1n) is 5.01. The normalized spacial score (nSPS) is 16.9. The lowest BCUT2D eigenvalue weighted by molar-refractivity contribution is -0.121. The van der Waals surface area contributed by atoms with Crippen LogP contribution in [-0.4, -0.2) is 63.9 Å². The zero-order valence-corrected chi connectivity index (χ0v) is 11.2. The fourth-order valence-electron chi connectivity index (χ4n) is 1.22. The average molecular weight is 293 g/mol. The molecule has 0 fully saturated rings. The van der Waals surface area contributed by atoms with Crippen molar-refractivity contribution in [3.63, 3.8) is 0 Å². The molecule has 0 aliphatic rings. The van der Waals surface area contributed by atoms with E-state index >= 15 is 0 Å². The summed E-state index contributed by atoms with van der Waals surface area (Å²) in [7, 11) is -0.939. The Morgan fingerprint density at radius 1 is 1.17 bits per heavy atom. The van der Waals surface area contributed by atoms with Crippen molar-refractivity contribution in [2.75, 3.05) is 33.7 Å². The van der Waals surface area contributed by atoms with E-state index in [1.54, 1.807) is 19.0 Å². The third-order valence-corrected chi connectivity index (χ3v) is 2.81. The van der Waals surface area contributed by atoms with Crippen molar-refractivity contribution < 1.29 is 26.7 Å². The number of aliphatic hydroxyl groups is 1. The third kappa shape index (κ3) is 9.59. The van der Waals surface area contributed by atoms with E-state index in [2.05, 4.69) is 0 Å². The highest BCUT2D eigenvalue weighted by molar-refractivity contribution is 7.87. The van der Waals surface area contributed by atoms with Crippen molar-refractivity contribution >= 4 is 10.2 Å². The van der Waals surface area contributed by atoms with E-state index in [1.165, 1.54) is 11.6 Å². The second kappa shape index (κ2) is 6.15. The Kier molecular flexibility index (Phi) is 6.01. The molecule has 18 heavy (non-hydrogen) atoms. The Balaban J connectivity index is 4.27. The standard InChI is InChI=1S/C8H18F3N3O3S/c1-7(15,6-14(2)3)4-12-18(16,17)13-5-8(9,10)11/h12-13,15H,4-6H2,1-3H3. The van der Waals surface area contributed by atoms with Crippen LogP contribution in [0, 0.1) is 0 Å². The minimum absolute atomic E-state index is 0.161. The van der Waals surface area contributed by atoms with E-state index in [0.717, 1.165) is 0 Å². The van der Waals surface area contributed by atoms with Crippen molar-refractivity contribution in [2.45, 2.75) is 18.7 Å². The molecular weight excluding hydrogens is 275 g/mol. The molecule has 0 saturated carbocycles. The van der Waals surface area contributed by atoms with Crippen LogP contribution in [-0.2, 0) is 10.2 Å². The van der Waals surface area contributed by atoms with Crippen molar-refractivity contribution in [1.82, 2.24) is 14.3 Å². The SMILES string of the molecule is CN(C)CC(C)(O)CNS(=O)(=O)NCC(F)(F)F. The summed E-state index contributed by atoms with van der Waals surface area (Å²) >= 11 is 0. The van der Waals surface area contributed by atoms with Crippen molar-refractivity contribution in [1.29, 1.82) is 0 Å². The molecule has 0 heterocycles. The molecule has 0 amide bonds. The van der Waals surface area contributed by atoms with E-state index in [1.807, 2.05) is 4.72 Å². The van der Waals surface area contributed by atoms with Crippen LogP contribution in [0.2, 0.25) is 0 Å². The quantitative estimate of drug-likeness (QED) is 0.579. The van der Waals surface area contributed by atoms with Crippen LogP contribution >= 0.6 is 0 Å². The monoisotopic (exact) mass is 293 g/mol. The Bertz CT molecular complexity index is 354. The van der Waals surface area contributed by atoms with E-state index in [-0.39, 0.29) is 6.54 Å². The Labute approximate surface area is 104 Å². The van der Waals surface area contributed by atoms with Gasteiger partial charge < -0.3 is 10.0 Å². The summed E-state index contributed by atoms with van der Waals surface area (Å²) in [6.45, 7) is -0.509. The lowest BCUT2D eigenvalue weighted by atomic mass is 10.1. The Morgan fingerprint density at radius 2 is 1.61 bits per heavy atom. The van der Waals surface area contributed by atoms with Gasteiger partial charge in [0.05, 0.1) is 5.60 Å². The lowest BCUT2D eigenvalue weighted by Gasteiger charge is -2.27. The van der Waals surface area contributed by atoms with Gasteiger partial charge in [0.2, 0.25) is 0 Å². The van der Waals surface area contributed by atoms with Crippen LogP contribution in [0.15, 0.2) is 0 Å². The summed E-state index contributed by atoms with van der Waals surface area (Å²) in [6.07, 6.45) is -4.62. The zero-order valence-electron chi connectivity index (χ0n) is 10.4. The Hall–Kier alpha value is -0.420. The van der Waals surface area contributed by atoms with Crippen LogP contribution in [0.3, 0.4) is 0 Å². The molecule has 0 aromatic rings. The summed E-state index contributed by atoms with van der Waals surface area (Å²) in [5, 5.41) is 9.76. The molecule has 0 spiro atoms.